The van der Waals surface area contributed by atoms with E-state index >= 15 is 0 Å². The van der Waals surface area contributed by atoms with E-state index in [1.807, 2.05) is 0 Å². The van der Waals surface area contributed by atoms with E-state index in [2.05, 4.69) is 54.7 Å². The second-order valence-corrected chi connectivity index (χ2v) is 7.29. The van der Waals surface area contributed by atoms with E-state index in [-0.39, 0.29) is 0 Å². The molecule has 86 valence electrons. The summed E-state index contributed by atoms with van der Waals surface area (Å²) in [5.41, 5.74) is 3.87. The third-order valence-electron chi connectivity index (χ3n) is 4.77. The van der Waals surface area contributed by atoms with Gasteiger partial charge in [-0.3, -0.25) is 0 Å². The summed E-state index contributed by atoms with van der Waals surface area (Å²) in [5, 5.41) is 0. The fourth-order valence-corrected chi connectivity index (χ4v) is 4.62. The highest BCUT2D eigenvalue weighted by atomic mass is 127. The maximum absolute atomic E-state index is 2.53. The van der Waals surface area contributed by atoms with Gasteiger partial charge in [-0.2, -0.15) is 0 Å². The lowest BCUT2D eigenvalue weighted by Crippen LogP contribution is -2.27. The number of allylic oxidation sites excluding steroid dienone is 6. The van der Waals surface area contributed by atoms with Gasteiger partial charge in [0.25, 0.3) is 0 Å². The largest absolute Gasteiger partial charge is 0.0839 e. The lowest BCUT2D eigenvalue weighted by Gasteiger charge is -2.35. The molecule has 0 bridgehead atoms. The van der Waals surface area contributed by atoms with Crippen LogP contribution in [0.5, 0.6) is 0 Å². The van der Waals surface area contributed by atoms with E-state index in [9.17, 15) is 0 Å². The SMILES string of the molecule is CC1(C)C2=C(CCC=C2)C2CC=C(I)CC21. The highest BCUT2D eigenvalue weighted by molar-refractivity contribution is 14.1. The van der Waals surface area contributed by atoms with Gasteiger partial charge in [0.1, 0.15) is 0 Å². The molecular formula is C15H19I. The van der Waals surface area contributed by atoms with Gasteiger partial charge in [-0.25, -0.2) is 0 Å². The number of hydrogen-bond acceptors (Lipinski definition) is 0. The Bertz CT molecular complexity index is 409. The Morgan fingerprint density at radius 1 is 1.38 bits per heavy atom. The summed E-state index contributed by atoms with van der Waals surface area (Å²) in [6.45, 7) is 4.91. The zero-order valence-electron chi connectivity index (χ0n) is 10.1. The molecule has 0 fully saturated rings. The van der Waals surface area contributed by atoms with Crippen LogP contribution in [0, 0.1) is 17.3 Å². The maximum Gasteiger partial charge on any atom is -0.00666 e. The van der Waals surface area contributed by atoms with Crippen LogP contribution in [-0.2, 0) is 0 Å². The molecule has 0 spiro atoms. The summed E-state index contributed by atoms with van der Waals surface area (Å²) in [6.07, 6.45) is 12.4. The molecule has 0 heterocycles. The highest BCUT2D eigenvalue weighted by Gasteiger charge is 2.47. The van der Waals surface area contributed by atoms with Crippen LogP contribution in [0.25, 0.3) is 0 Å². The number of hydrogen-bond donors (Lipinski definition) is 0. The third-order valence-corrected chi connectivity index (χ3v) is 5.65. The van der Waals surface area contributed by atoms with Gasteiger partial charge >= 0.3 is 0 Å². The van der Waals surface area contributed by atoms with Crippen molar-refractivity contribution < 1.29 is 0 Å². The number of halogens is 1. The molecule has 0 nitrogen and oxygen atoms in total. The Morgan fingerprint density at radius 3 is 3.00 bits per heavy atom. The Labute approximate surface area is 112 Å². The zero-order valence-corrected chi connectivity index (χ0v) is 12.3. The Morgan fingerprint density at radius 2 is 2.19 bits per heavy atom. The summed E-state index contributed by atoms with van der Waals surface area (Å²) in [4.78, 5) is 0. The first-order valence-electron chi connectivity index (χ1n) is 6.35. The topological polar surface area (TPSA) is 0 Å². The molecular weight excluding hydrogens is 307 g/mol. The van der Waals surface area contributed by atoms with Gasteiger partial charge in [0.05, 0.1) is 0 Å². The summed E-state index contributed by atoms with van der Waals surface area (Å²) < 4.78 is 1.58. The van der Waals surface area contributed by atoms with Crippen LogP contribution >= 0.6 is 22.6 Å². The van der Waals surface area contributed by atoms with E-state index in [1.165, 1.54) is 25.7 Å². The minimum atomic E-state index is 0.404. The lowest BCUT2D eigenvalue weighted by molar-refractivity contribution is 0.229. The molecule has 0 aromatic rings. The van der Waals surface area contributed by atoms with Crippen molar-refractivity contribution in [2.45, 2.75) is 39.5 Å². The van der Waals surface area contributed by atoms with E-state index in [0.29, 0.717) is 5.41 Å². The van der Waals surface area contributed by atoms with Gasteiger partial charge in [0.2, 0.25) is 0 Å². The van der Waals surface area contributed by atoms with E-state index in [4.69, 9.17) is 0 Å². The van der Waals surface area contributed by atoms with Crippen LogP contribution < -0.4 is 0 Å². The van der Waals surface area contributed by atoms with Crippen molar-refractivity contribution in [2.24, 2.45) is 17.3 Å². The molecule has 0 saturated heterocycles. The zero-order chi connectivity index (χ0) is 11.3. The molecule has 0 aromatic heterocycles. The van der Waals surface area contributed by atoms with Crippen molar-refractivity contribution in [2.75, 3.05) is 0 Å². The Hall–Kier alpha value is -0.0500. The Balaban J connectivity index is 2.05. The molecule has 0 amide bonds. The number of rotatable bonds is 0. The average Bonchev–Trinajstić information content (AvgIpc) is 2.49. The molecule has 2 atom stereocenters. The average molecular weight is 326 g/mol. The van der Waals surface area contributed by atoms with Crippen LogP contribution in [0.4, 0.5) is 0 Å². The second-order valence-electron chi connectivity index (χ2n) is 5.91. The third kappa shape index (κ3) is 1.47. The molecule has 16 heavy (non-hydrogen) atoms. The molecule has 0 N–H and O–H groups in total. The Kier molecular flexibility index (Phi) is 2.58. The normalized spacial score (nSPS) is 35.8. The minimum absolute atomic E-state index is 0.404. The van der Waals surface area contributed by atoms with Gasteiger partial charge in [-0.1, -0.05) is 37.6 Å². The van der Waals surface area contributed by atoms with E-state index < -0.39 is 0 Å². The molecule has 0 saturated carbocycles. The van der Waals surface area contributed by atoms with Crippen molar-refractivity contribution in [1.29, 1.82) is 0 Å². The quantitative estimate of drug-likeness (QED) is 0.549. The first-order chi connectivity index (χ1) is 7.60. The monoisotopic (exact) mass is 326 g/mol. The molecule has 3 aliphatic carbocycles. The predicted octanol–water partition coefficient (Wildman–Crippen LogP) is 5.02. The summed E-state index contributed by atoms with van der Waals surface area (Å²) in [6, 6.07) is 0. The van der Waals surface area contributed by atoms with Gasteiger partial charge in [0.15, 0.2) is 0 Å². The van der Waals surface area contributed by atoms with E-state index in [0.717, 1.165) is 11.8 Å². The van der Waals surface area contributed by atoms with Gasteiger partial charge < -0.3 is 0 Å². The van der Waals surface area contributed by atoms with Crippen molar-refractivity contribution in [1.82, 2.24) is 0 Å². The fraction of sp³-hybridized carbons (Fsp3) is 0.600. The second kappa shape index (κ2) is 3.72. The molecule has 1 heteroatoms. The first kappa shape index (κ1) is 11.1. The summed E-state index contributed by atoms with van der Waals surface area (Å²) in [5.74, 6) is 1.71. The number of fused-ring (bicyclic) bond motifs is 2. The molecule has 3 aliphatic rings. The van der Waals surface area contributed by atoms with Gasteiger partial charge in [-0.15, -0.1) is 0 Å². The summed E-state index contributed by atoms with van der Waals surface area (Å²) in [7, 11) is 0. The molecule has 0 aliphatic heterocycles. The van der Waals surface area contributed by atoms with Crippen LogP contribution in [-0.4, -0.2) is 0 Å². The maximum atomic E-state index is 2.53. The standard InChI is InChI=1S/C15H19I/c1-15(2)13-6-4-3-5-11(13)12-8-7-10(16)9-14(12)15/h4,6-7,12,14H,3,5,8-9H2,1-2H3. The summed E-state index contributed by atoms with van der Waals surface area (Å²) >= 11 is 2.53. The fourth-order valence-electron chi connectivity index (χ4n) is 3.89. The first-order valence-corrected chi connectivity index (χ1v) is 7.43. The van der Waals surface area contributed by atoms with Gasteiger partial charge in [0, 0.05) is 0 Å². The van der Waals surface area contributed by atoms with Crippen molar-refractivity contribution >= 4 is 22.6 Å². The molecule has 0 aromatic carbocycles. The lowest BCUT2D eigenvalue weighted by atomic mass is 9.70. The molecule has 2 unspecified atom stereocenters. The van der Waals surface area contributed by atoms with Crippen molar-refractivity contribution in [3.63, 3.8) is 0 Å². The predicted molar refractivity (Wildman–Crippen MR) is 77.5 cm³/mol. The van der Waals surface area contributed by atoms with Crippen molar-refractivity contribution in [3.05, 3.63) is 33.0 Å². The minimum Gasteiger partial charge on any atom is -0.0839 e. The van der Waals surface area contributed by atoms with Crippen LogP contribution in [0.1, 0.15) is 39.5 Å². The van der Waals surface area contributed by atoms with E-state index in [1.54, 1.807) is 14.7 Å². The molecule has 3 rings (SSSR count). The smallest absolute Gasteiger partial charge is 0.00666 e. The van der Waals surface area contributed by atoms with Crippen LogP contribution in [0.2, 0.25) is 0 Å². The highest BCUT2D eigenvalue weighted by Crippen LogP contribution is 2.58. The van der Waals surface area contributed by atoms with Crippen LogP contribution in [0.15, 0.2) is 33.0 Å². The van der Waals surface area contributed by atoms with Crippen LogP contribution in [0.3, 0.4) is 0 Å². The van der Waals surface area contributed by atoms with Gasteiger partial charge in [-0.05, 0) is 74.7 Å². The molecule has 0 radical (unpaired) electrons. The van der Waals surface area contributed by atoms with Crippen molar-refractivity contribution in [3.8, 4) is 0 Å².